The van der Waals surface area contributed by atoms with Crippen molar-refractivity contribution in [1.82, 2.24) is 9.97 Å². The van der Waals surface area contributed by atoms with Crippen molar-refractivity contribution in [2.45, 2.75) is 58.5 Å². The Morgan fingerprint density at radius 2 is 1.85 bits per heavy atom. The Bertz CT molecular complexity index is 427. The molecule has 0 bridgehead atoms. The van der Waals surface area contributed by atoms with Crippen LogP contribution in [-0.2, 0) is 0 Å². The molecule has 1 aromatic rings. The molecule has 0 radical (unpaired) electrons. The first-order valence-electron chi connectivity index (χ1n) is 7.65. The molecule has 0 amide bonds. The molecule has 0 atom stereocenters. The van der Waals surface area contributed by atoms with Gasteiger partial charge in [0.1, 0.15) is 11.6 Å². The monoisotopic (exact) mass is 277 g/mol. The van der Waals surface area contributed by atoms with E-state index in [1.807, 2.05) is 0 Å². The molecule has 1 aliphatic carbocycles. The van der Waals surface area contributed by atoms with Crippen molar-refractivity contribution >= 4 is 5.82 Å². The first-order chi connectivity index (χ1) is 9.36. The van der Waals surface area contributed by atoms with E-state index in [4.69, 9.17) is 4.98 Å². The van der Waals surface area contributed by atoms with Crippen LogP contribution in [0.3, 0.4) is 0 Å². The van der Waals surface area contributed by atoms with Crippen LogP contribution in [0.4, 0.5) is 5.82 Å². The number of aliphatic hydroxyl groups is 1. The molecule has 1 heterocycles. The third kappa shape index (κ3) is 3.48. The van der Waals surface area contributed by atoms with E-state index in [2.05, 4.69) is 50.7 Å². The van der Waals surface area contributed by atoms with Crippen LogP contribution in [0.2, 0.25) is 0 Å². The van der Waals surface area contributed by atoms with Crippen molar-refractivity contribution in [2.24, 2.45) is 5.92 Å². The van der Waals surface area contributed by atoms with Crippen LogP contribution in [-0.4, -0.2) is 34.8 Å². The fourth-order valence-electron chi connectivity index (χ4n) is 2.55. The van der Waals surface area contributed by atoms with Gasteiger partial charge in [0.05, 0.1) is 6.10 Å². The molecule has 112 valence electrons. The smallest absolute Gasteiger partial charge is 0.133 e. The van der Waals surface area contributed by atoms with Gasteiger partial charge in [0.25, 0.3) is 0 Å². The van der Waals surface area contributed by atoms with Gasteiger partial charge in [0, 0.05) is 31.3 Å². The lowest BCUT2D eigenvalue weighted by Gasteiger charge is -2.35. The van der Waals surface area contributed by atoms with Crippen LogP contribution in [0.1, 0.15) is 63.9 Å². The lowest BCUT2D eigenvalue weighted by molar-refractivity contribution is 0.0464. The molecule has 1 aliphatic rings. The molecule has 1 saturated carbocycles. The summed E-state index contributed by atoms with van der Waals surface area (Å²) in [5, 5.41) is 9.39. The van der Waals surface area contributed by atoms with Crippen molar-refractivity contribution in [3.05, 3.63) is 17.6 Å². The molecule has 0 saturated heterocycles. The highest BCUT2D eigenvalue weighted by Gasteiger charge is 2.28. The highest BCUT2D eigenvalue weighted by molar-refractivity contribution is 5.40. The maximum absolute atomic E-state index is 9.39. The minimum atomic E-state index is -0.0868. The Morgan fingerprint density at radius 3 is 2.35 bits per heavy atom. The topological polar surface area (TPSA) is 49.2 Å². The highest BCUT2D eigenvalue weighted by Crippen LogP contribution is 2.29. The second-order valence-corrected chi connectivity index (χ2v) is 6.69. The normalized spacial score (nSPS) is 22.2. The molecule has 0 aliphatic heterocycles. The molecule has 1 N–H and O–H groups in total. The number of hydrogen-bond donors (Lipinski definition) is 1. The van der Waals surface area contributed by atoms with E-state index >= 15 is 0 Å². The molecule has 0 aromatic carbocycles. The predicted octanol–water partition coefficient (Wildman–Crippen LogP) is 2.93. The number of rotatable bonds is 5. The number of nitrogens with zero attached hydrogens (tertiary/aromatic N) is 3. The molecule has 0 unspecified atom stereocenters. The van der Waals surface area contributed by atoms with Crippen LogP contribution >= 0.6 is 0 Å². The zero-order valence-corrected chi connectivity index (χ0v) is 13.3. The molecular formula is C16H27N3O. The highest BCUT2D eigenvalue weighted by atomic mass is 16.3. The van der Waals surface area contributed by atoms with Gasteiger partial charge >= 0.3 is 0 Å². The third-order valence-corrected chi connectivity index (χ3v) is 3.99. The van der Waals surface area contributed by atoms with Gasteiger partial charge in [-0.2, -0.15) is 0 Å². The van der Waals surface area contributed by atoms with Crippen molar-refractivity contribution in [3.63, 3.8) is 0 Å². The lowest BCUT2D eigenvalue weighted by Crippen LogP contribution is -2.37. The van der Waals surface area contributed by atoms with E-state index in [1.54, 1.807) is 0 Å². The fraction of sp³-hybridized carbons (Fsp3) is 0.750. The van der Waals surface area contributed by atoms with Crippen LogP contribution in [0, 0.1) is 5.92 Å². The van der Waals surface area contributed by atoms with E-state index in [-0.39, 0.29) is 6.10 Å². The Morgan fingerprint density at radius 1 is 1.20 bits per heavy atom. The van der Waals surface area contributed by atoms with Crippen LogP contribution in [0.25, 0.3) is 0 Å². The molecule has 1 fully saturated rings. The van der Waals surface area contributed by atoms with E-state index in [1.165, 1.54) is 0 Å². The maximum Gasteiger partial charge on any atom is 0.133 e. The number of hydrogen-bond acceptors (Lipinski definition) is 4. The summed E-state index contributed by atoms with van der Waals surface area (Å²) < 4.78 is 0. The van der Waals surface area contributed by atoms with Crippen LogP contribution in [0.5, 0.6) is 0 Å². The predicted molar refractivity (Wildman–Crippen MR) is 82.2 cm³/mol. The molecular weight excluding hydrogens is 250 g/mol. The lowest BCUT2D eigenvalue weighted by atomic mass is 9.82. The number of aliphatic hydroxyl groups excluding tert-OH is 1. The van der Waals surface area contributed by atoms with Gasteiger partial charge in [0.2, 0.25) is 0 Å². The van der Waals surface area contributed by atoms with Crippen molar-refractivity contribution in [3.8, 4) is 0 Å². The molecule has 20 heavy (non-hydrogen) atoms. The van der Waals surface area contributed by atoms with Gasteiger partial charge in [-0.3, -0.25) is 0 Å². The summed E-state index contributed by atoms with van der Waals surface area (Å²) in [5.41, 5.74) is 1.11. The zero-order valence-electron chi connectivity index (χ0n) is 13.3. The first kappa shape index (κ1) is 15.2. The number of anilines is 1. The molecule has 4 heteroatoms. The largest absolute Gasteiger partial charge is 0.393 e. The van der Waals surface area contributed by atoms with E-state index in [9.17, 15) is 5.11 Å². The quantitative estimate of drug-likeness (QED) is 0.899. The summed E-state index contributed by atoms with van der Waals surface area (Å²) in [7, 11) is 2.08. The van der Waals surface area contributed by atoms with Gasteiger partial charge in [0.15, 0.2) is 0 Å². The Hall–Kier alpha value is -1.16. The Kier molecular flexibility index (Phi) is 4.63. The molecule has 4 nitrogen and oxygen atoms in total. The average Bonchev–Trinajstić information content (AvgIpc) is 2.36. The summed E-state index contributed by atoms with van der Waals surface area (Å²) in [6, 6.07) is 2.10. The van der Waals surface area contributed by atoms with E-state index < -0.39 is 0 Å². The molecule has 1 aromatic heterocycles. The summed E-state index contributed by atoms with van der Waals surface area (Å²) in [5.74, 6) is 3.27. The van der Waals surface area contributed by atoms with Gasteiger partial charge in [-0.1, -0.05) is 27.7 Å². The van der Waals surface area contributed by atoms with Crippen LogP contribution < -0.4 is 4.90 Å². The minimum Gasteiger partial charge on any atom is -0.393 e. The summed E-state index contributed by atoms with van der Waals surface area (Å²) in [6.07, 6.45) is 1.75. The molecule has 2 rings (SSSR count). The summed E-state index contributed by atoms with van der Waals surface area (Å²) >= 11 is 0. The Labute approximate surface area is 122 Å². The third-order valence-electron chi connectivity index (χ3n) is 3.99. The van der Waals surface area contributed by atoms with E-state index in [0.717, 1.165) is 36.7 Å². The standard InChI is InChI=1S/C16H27N3O/c1-10(2)14-8-15(18-16(17-14)11(3)4)19(5)9-12-6-13(20)7-12/h8,10-13,20H,6-7,9H2,1-5H3. The fourth-order valence-corrected chi connectivity index (χ4v) is 2.55. The first-order valence-corrected chi connectivity index (χ1v) is 7.65. The summed E-state index contributed by atoms with van der Waals surface area (Å²) in [6.45, 7) is 9.55. The second-order valence-electron chi connectivity index (χ2n) is 6.69. The van der Waals surface area contributed by atoms with Crippen molar-refractivity contribution in [2.75, 3.05) is 18.5 Å². The SMILES string of the molecule is CC(C)c1cc(N(C)CC2CC(O)C2)nc(C(C)C)n1. The van der Waals surface area contributed by atoms with E-state index in [0.29, 0.717) is 17.8 Å². The van der Waals surface area contributed by atoms with Crippen LogP contribution in [0.15, 0.2) is 6.07 Å². The van der Waals surface area contributed by atoms with Crippen molar-refractivity contribution in [1.29, 1.82) is 0 Å². The van der Waals surface area contributed by atoms with Gasteiger partial charge in [-0.25, -0.2) is 9.97 Å². The minimum absolute atomic E-state index is 0.0868. The van der Waals surface area contributed by atoms with Gasteiger partial charge < -0.3 is 10.0 Å². The summed E-state index contributed by atoms with van der Waals surface area (Å²) in [4.78, 5) is 11.6. The maximum atomic E-state index is 9.39. The second kappa shape index (κ2) is 6.08. The molecule has 0 spiro atoms. The van der Waals surface area contributed by atoms with Gasteiger partial charge in [-0.05, 0) is 24.7 Å². The van der Waals surface area contributed by atoms with Gasteiger partial charge in [-0.15, -0.1) is 0 Å². The zero-order chi connectivity index (χ0) is 14.9. The average molecular weight is 277 g/mol. The Balaban J connectivity index is 2.16. The number of aromatic nitrogens is 2. The van der Waals surface area contributed by atoms with Crippen molar-refractivity contribution < 1.29 is 5.11 Å².